The molecule has 19 heavy (non-hydrogen) atoms. The van der Waals surface area contributed by atoms with Crippen LogP contribution < -0.4 is 5.56 Å². The van der Waals surface area contributed by atoms with Crippen LogP contribution in [0.1, 0.15) is 0 Å². The van der Waals surface area contributed by atoms with Crippen LogP contribution in [0.2, 0.25) is 0 Å². The third-order valence-electron chi connectivity index (χ3n) is 2.84. The summed E-state index contributed by atoms with van der Waals surface area (Å²) in [6, 6.07) is 11.0. The molecule has 0 amide bonds. The van der Waals surface area contributed by atoms with E-state index < -0.39 is 0 Å². The van der Waals surface area contributed by atoms with Crippen LogP contribution in [0.3, 0.4) is 0 Å². The smallest absolute Gasteiger partial charge is 0.258 e. The van der Waals surface area contributed by atoms with Crippen LogP contribution in [0.4, 0.5) is 0 Å². The molecule has 0 aliphatic heterocycles. The Morgan fingerprint density at radius 2 is 1.84 bits per heavy atom. The van der Waals surface area contributed by atoms with Crippen molar-refractivity contribution in [1.29, 1.82) is 0 Å². The standard InChI is InChI=1S/C14H10N2O3/c17-11-5-4-9(7-12(11)18)10-8-14(19)16-6-2-1-3-13(16)15-10/h1-8,17-18H. The zero-order valence-corrected chi connectivity index (χ0v) is 9.82. The minimum Gasteiger partial charge on any atom is -0.504 e. The molecule has 1 aromatic carbocycles. The zero-order chi connectivity index (χ0) is 13.4. The molecule has 0 bridgehead atoms. The van der Waals surface area contributed by atoms with Gasteiger partial charge in [0.15, 0.2) is 11.5 Å². The summed E-state index contributed by atoms with van der Waals surface area (Å²) in [6.45, 7) is 0. The molecule has 0 aliphatic rings. The first-order valence-electron chi connectivity index (χ1n) is 5.66. The minimum atomic E-state index is -0.243. The van der Waals surface area contributed by atoms with Crippen molar-refractivity contribution in [2.24, 2.45) is 0 Å². The summed E-state index contributed by atoms with van der Waals surface area (Å²) < 4.78 is 1.43. The molecular weight excluding hydrogens is 244 g/mol. The van der Waals surface area contributed by atoms with Crippen molar-refractivity contribution in [2.75, 3.05) is 0 Å². The number of aromatic hydroxyl groups is 2. The normalized spacial score (nSPS) is 10.7. The van der Waals surface area contributed by atoms with Gasteiger partial charge in [-0.1, -0.05) is 6.07 Å². The van der Waals surface area contributed by atoms with Crippen LogP contribution in [0, 0.1) is 0 Å². The van der Waals surface area contributed by atoms with E-state index in [1.54, 1.807) is 30.5 Å². The molecule has 0 aliphatic carbocycles. The molecule has 3 aromatic rings. The number of hydrogen-bond acceptors (Lipinski definition) is 4. The Morgan fingerprint density at radius 3 is 2.63 bits per heavy atom. The van der Waals surface area contributed by atoms with Crippen LogP contribution in [0.15, 0.2) is 53.5 Å². The Bertz CT molecular complexity index is 824. The van der Waals surface area contributed by atoms with Crippen LogP contribution >= 0.6 is 0 Å². The maximum absolute atomic E-state index is 11.9. The van der Waals surface area contributed by atoms with Crippen LogP contribution in [0.25, 0.3) is 16.9 Å². The minimum absolute atomic E-state index is 0.201. The van der Waals surface area contributed by atoms with Gasteiger partial charge in [0.25, 0.3) is 5.56 Å². The van der Waals surface area contributed by atoms with Crippen molar-refractivity contribution in [2.45, 2.75) is 0 Å². The van der Waals surface area contributed by atoms with E-state index in [-0.39, 0.29) is 17.1 Å². The molecule has 5 nitrogen and oxygen atoms in total. The van der Waals surface area contributed by atoms with Crippen molar-refractivity contribution in [1.82, 2.24) is 9.38 Å². The van der Waals surface area contributed by atoms with Gasteiger partial charge in [-0.3, -0.25) is 9.20 Å². The summed E-state index contributed by atoms with van der Waals surface area (Å²) in [7, 11) is 0. The Hall–Kier alpha value is -2.82. The van der Waals surface area contributed by atoms with Gasteiger partial charge in [-0.25, -0.2) is 4.98 Å². The lowest BCUT2D eigenvalue weighted by Gasteiger charge is -2.05. The van der Waals surface area contributed by atoms with Gasteiger partial charge in [0.1, 0.15) is 5.65 Å². The van der Waals surface area contributed by atoms with Gasteiger partial charge in [-0.05, 0) is 30.3 Å². The third-order valence-corrected chi connectivity index (χ3v) is 2.84. The molecule has 0 radical (unpaired) electrons. The van der Waals surface area contributed by atoms with Gasteiger partial charge in [0.05, 0.1) is 5.69 Å². The second-order valence-electron chi connectivity index (χ2n) is 4.11. The number of phenolic OH excluding ortho intramolecular Hbond substituents is 2. The number of fused-ring (bicyclic) bond motifs is 1. The molecule has 94 valence electrons. The van der Waals surface area contributed by atoms with E-state index in [2.05, 4.69) is 4.98 Å². The van der Waals surface area contributed by atoms with Crippen molar-refractivity contribution in [3.8, 4) is 22.8 Å². The first-order chi connectivity index (χ1) is 9.15. The van der Waals surface area contributed by atoms with Crippen molar-refractivity contribution in [3.63, 3.8) is 0 Å². The highest BCUT2D eigenvalue weighted by molar-refractivity contribution is 5.65. The molecule has 2 aromatic heterocycles. The number of rotatable bonds is 1. The molecular formula is C14H10N2O3. The number of benzene rings is 1. The molecule has 0 saturated carbocycles. The van der Waals surface area contributed by atoms with Crippen LogP contribution in [0.5, 0.6) is 11.5 Å². The average Bonchev–Trinajstić information content (AvgIpc) is 2.42. The highest BCUT2D eigenvalue weighted by Crippen LogP contribution is 2.29. The highest BCUT2D eigenvalue weighted by Gasteiger charge is 2.07. The van der Waals surface area contributed by atoms with Gasteiger partial charge in [0, 0.05) is 17.8 Å². The van der Waals surface area contributed by atoms with E-state index in [9.17, 15) is 15.0 Å². The number of pyridine rings is 1. The monoisotopic (exact) mass is 254 g/mol. The SMILES string of the molecule is O=c1cc(-c2ccc(O)c(O)c2)nc2ccccn12. The average molecular weight is 254 g/mol. The van der Waals surface area contributed by atoms with Gasteiger partial charge in [-0.15, -0.1) is 0 Å². The number of aromatic nitrogens is 2. The van der Waals surface area contributed by atoms with Crippen LogP contribution in [-0.2, 0) is 0 Å². The summed E-state index contributed by atoms with van der Waals surface area (Å²) in [4.78, 5) is 16.3. The fourth-order valence-corrected chi connectivity index (χ4v) is 1.88. The zero-order valence-electron chi connectivity index (χ0n) is 9.82. The van der Waals surface area contributed by atoms with E-state index in [1.807, 2.05) is 0 Å². The summed E-state index contributed by atoms with van der Waals surface area (Å²) in [5.41, 5.74) is 1.34. The van der Waals surface area contributed by atoms with E-state index in [4.69, 9.17) is 0 Å². The molecule has 2 heterocycles. The molecule has 0 fully saturated rings. The number of hydrogen-bond donors (Lipinski definition) is 2. The van der Waals surface area contributed by atoms with Gasteiger partial charge in [0.2, 0.25) is 0 Å². The second-order valence-corrected chi connectivity index (χ2v) is 4.11. The largest absolute Gasteiger partial charge is 0.504 e. The van der Waals surface area contributed by atoms with Gasteiger partial charge in [-0.2, -0.15) is 0 Å². The third kappa shape index (κ3) is 1.91. The highest BCUT2D eigenvalue weighted by atomic mass is 16.3. The first kappa shape index (κ1) is 11.3. The molecule has 2 N–H and O–H groups in total. The lowest BCUT2D eigenvalue weighted by molar-refractivity contribution is 0.404. The fraction of sp³-hybridized carbons (Fsp3) is 0. The maximum atomic E-state index is 11.9. The van der Waals surface area contributed by atoms with Crippen molar-refractivity contribution < 1.29 is 10.2 Å². The van der Waals surface area contributed by atoms with E-state index in [0.717, 1.165) is 0 Å². The Labute approximate surface area is 108 Å². The van der Waals surface area contributed by atoms with Gasteiger partial charge >= 0.3 is 0 Å². The van der Waals surface area contributed by atoms with Crippen molar-refractivity contribution in [3.05, 3.63) is 59.0 Å². The lowest BCUT2D eigenvalue weighted by Crippen LogP contribution is -2.13. The fourth-order valence-electron chi connectivity index (χ4n) is 1.88. The molecule has 0 unspecified atom stereocenters. The lowest BCUT2D eigenvalue weighted by atomic mass is 10.1. The van der Waals surface area contributed by atoms with Gasteiger partial charge < -0.3 is 10.2 Å². The Kier molecular flexibility index (Phi) is 2.45. The number of nitrogens with zero attached hydrogens (tertiary/aromatic N) is 2. The second kappa shape index (κ2) is 4.13. The topological polar surface area (TPSA) is 74.8 Å². The summed E-state index contributed by atoms with van der Waals surface area (Å²) in [6.07, 6.45) is 1.64. The molecule has 0 spiro atoms. The number of phenols is 2. The van der Waals surface area contributed by atoms with E-state index in [1.165, 1.54) is 22.6 Å². The summed E-state index contributed by atoms with van der Waals surface area (Å²) in [5, 5.41) is 18.8. The first-order valence-corrected chi connectivity index (χ1v) is 5.66. The molecule has 3 rings (SSSR count). The van der Waals surface area contributed by atoms with E-state index >= 15 is 0 Å². The molecule has 0 atom stereocenters. The molecule has 5 heteroatoms. The quantitative estimate of drug-likeness (QED) is 0.649. The Morgan fingerprint density at radius 1 is 1.00 bits per heavy atom. The van der Waals surface area contributed by atoms with Crippen molar-refractivity contribution >= 4 is 5.65 Å². The summed E-state index contributed by atoms with van der Waals surface area (Å²) >= 11 is 0. The predicted octanol–water partition coefficient (Wildman–Crippen LogP) is 1.77. The maximum Gasteiger partial charge on any atom is 0.258 e. The summed E-state index contributed by atoms with van der Waals surface area (Å²) in [5.74, 6) is -0.450. The Balaban J connectivity index is 2.25. The van der Waals surface area contributed by atoms with E-state index in [0.29, 0.717) is 16.9 Å². The van der Waals surface area contributed by atoms with Crippen LogP contribution in [-0.4, -0.2) is 19.6 Å². The predicted molar refractivity (Wildman–Crippen MR) is 70.2 cm³/mol. The molecule has 0 saturated heterocycles.